The zero-order valence-electron chi connectivity index (χ0n) is 13.8. The smallest absolute Gasteiger partial charge is 0.417 e. The molecule has 0 aliphatic rings. The minimum atomic E-state index is -4.48. The summed E-state index contributed by atoms with van der Waals surface area (Å²) in [6, 6.07) is 2.27. The maximum absolute atomic E-state index is 13.0. The van der Waals surface area contributed by atoms with Crippen molar-refractivity contribution in [2.45, 2.75) is 19.0 Å². The number of fused-ring (bicyclic) bond motifs is 1. The van der Waals surface area contributed by atoms with Gasteiger partial charge in [0.15, 0.2) is 0 Å². The predicted octanol–water partition coefficient (Wildman–Crippen LogP) is 3.03. The van der Waals surface area contributed by atoms with Gasteiger partial charge in [0.1, 0.15) is 17.2 Å². The average Bonchev–Trinajstić information content (AvgIpc) is 3.13. The topological polar surface area (TPSA) is 84.5 Å². The van der Waals surface area contributed by atoms with Crippen LogP contribution in [0.25, 0.3) is 16.9 Å². The van der Waals surface area contributed by atoms with E-state index in [-0.39, 0.29) is 13.0 Å². The SMILES string of the molecule is Cn1cc(-c2nc3ccc(C(F)(F)F)cn3c2NCCCC(=O)O)cn1. The normalized spacial score (nSPS) is 11.8. The zero-order valence-corrected chi connectivity index (χ0v) is 13.8. The Balaban J connectivity index is 2.04. The van der Waals surface area contributed by atoms with E-state index < -0.39 is 17.7 Å². The molecule has 2 N–H and O–H groups in total. The van der Waals surface area contributed by atoms with Crippen molar-refractivity contribution < 1.29 is 23.1 Å². The van der Waals surface area contributed by atoms with Crippen LogP contribution >= 0.6 is 0 Å². The van der Waals surface area contributed by atoms with Gasteiger partial charge < -0.3 is 10.4 Å². The number of alkyl halides is 3. The Morgan fingerprint density at radius 3 is 2.69 bits per heavy atom. The highest BCUT2D eigenvalue weighted by Crippen LogP contribution is 2.33. The first-order chi connectivity index (χ1) is 12.3. The van der Waals surface area contributed by atoms with Crippen LogP contribution in [0.15, 0.2) is 30.7 Å². The number of aliphatic carboxylic acids is 1. The van der Waals surface area contributed by atoms with E-state index in [0.29, 0.717) is 29.1 Å². The van der Waals surface area contributed by atoms with E-state index >= 15 is 0 Å². The summed E-state index contributed by atoms with van der Waals surface area (Å²) in [5, 5.41) is 15.8. The molecule has 0 amide bonds. The van der Waals surface area contributed by atoms with E-state index in [1.807, 2.05) is 0 Å². The summed E-state index contributed by atoms with van der Waals surface area (Å²) in [6.07, 6.45) is 0.0484. The van der Waals surface area contributed by atoms with Gasteiger partial charge >= 0.3 is 12.1 Å². The highest BCUT2D eigenvalue weighted by Gasteiger charge is 2.31. The van der Waals surface area contributed by atoms with Gasteiger partial charge in [-0.15, -0.1) is 0 Å². The second-order valence-electron chi connectivity index (χ2n) is 5.78. The molecule has 0 aliphatic carbocycles. The number of aromatic nitrogens is 4. The van der Waals surface area contributed by atoms with Crippen LogP contribution in [0, 0.1) is 0 Å². The quantitative estimate of drug-likeness (QED) is 0.654. The Labute approximate surface area is 146 Å². The van der Waals surface area contributed by atoms with Gasteiger partial charge in [0, 0.05) is 38.0 Å². The molecule has 0 aromatic carbocycles. The number of carboxylic acid groups (broad SMARTS) is 1. The van der Waals surface area contributed by atoms with Crippen LogP contribution in [-0.4, -0.2) is 36.8 Å². The number of halogens is 3. The Kier molecular flexibility index (Phi) is 4.58. The van der Waals surface area contributed by atoms with Crippen molar-refractivity contribution in [2.24, 2.45) is 7.05 Å². The molecular formula is C16H16F3N5O2. The maximum Gasteiger partial charge on any atom is 0.417 e. The lowest BCUT2D eigenvalue weighted by Crippen LogP contribution is -2.09. The predicted molar refractivity (Wildman–Crippen MR) is 87.8 cm³/mol. The summed E-state index contributed by atoms with van der Waals surface area (Å²) in [5.74, 6) is -0.568. The molecule has 0 bridgehead atoms. The lowest BCUT2D eigenvalue weighted by Gasteiger charge is -2.10. The van der Waals surface area contributed by atoms with Gasteiger partial charge in [0.2, 0.25) is 0 Å². The van der Waals surface area contributed by atoms with E-state index in [1.165, 1.54) is 10.5 Å². The van der Waals surface area contributed by atoms with Crippen LogP contribution < -0.4 is 5.32 Å². The first-order valence-corrected chi connectivity index (χ1v) is 7.79. The number of carbonyl (C=O) groups is 1. The molecule has 10 heteroatoms. The van der Waals surface area contributed by atoms with E-state index in [2.05, 4.69) is 15.4 Å². The monoisotopic (exact) mass is 367 g/mol. The molecule has 0 atom stereocenters. The molecular weight excluding hydrogens is 351 g/mol. The summed E-state index contributed by atoms with van der Waals surface area (Å²) in [5.41, 5.74) is 0.643. The molecule has 3 aromatic rings. The van der Waals surface area contributed by atoms with E-state index in [1.54, 1.807) is 24.1 Å². The summed E-state index contributed by atoms with van der Waals surface area (Å²) < 4.78 is 42.0. The van der Waals surface area contributed by atoms with Crippen molar-refractivity contribution in [1.29, 1.82) is 0 Å². The largest absolute Gasteiger partial charge is 0.481 e. The first-order valence-electron chi connectivity index (χ1n) is 7.79. The van der Waals surface area contributed by atoms with Gasteiger partial charge in [-0.2, -0.15) is 18.3 Å². The lowest BCUT2D eigenvalue weighted by atomic mass is 10.2. The standard InChI is InChI=1S/C16H16F3N5O2/c1-23-8-10(7-21-23)14-15(20-6-2-3-13(25)26)24-9-11(16(17,18)19)4-5-12(24)22-14/h4-5,7-9,20H,2-3,6H2,1H3,(H,25,26). The van der Waals surface area contributed by atoms with Crippen molar-refractivity contribution in [3.05, 3.63) is 36.3 Å². The first kappa shape index (κ1) is 17.8. The summed E-state index contributed by atoms with van der Waals surface area (Å²) in [4.78, 5) is 15.0. The maximum atomic E-state index is 13.0. The van der Waals surface area contributed by atoms with Gasteiger partial charge in [-0.3, -0.25) is 13.9 Å². The molecule has 0 saturated heterocycles. The van der Waals surface area contributed by atoms with Crippen LogP contribution in [-0.2, 0) is 18.0 Å². The number of nitrogens with one attached hydrogen (secondary N) is 1. The summed E-state index contributed by atoms with van der Waals surface area (Å²) >= 11 is 0. The third-order valence-corrected chi connectivity index (χ3v) is 3.78. The number of aryl methyl sites for hydroxylation is 1. The minimum Gasteiger partial charge on any atom is -0.481 e. The fourth-order valence-corrected chi connectivity index (χ4v) is 2.57. The number of imidazole rings is 1. The van der Waals surface area contributed by atoms with Crippen LogP contribution in [0.2, 0.25) is 0 Å². The second-order valence-corrected chi connectivity index (χ2v) is 5.78. The Bertz CT molecular complexity index is 945. The van der Waals surface area contributed by atoms with Gasteiger partial charge in [-0.05, 0) is 18.6 Å². The number of carboxylic acids is 1. The Hall–Kier alpha value is -3.04. The number of pyridine rings is 1. The van der Waals surface area contributed by atoms with Gasteiger partial charge in [0.05, 0.1) is 11.8 Å². The molecule has 0 aliphatic heterocycles. The molecule has 7 nitrogen and oxygen atoms in total. The number of rotatable bonds is 6. The highest BCUT2D eigenvalue weighted by atomic mass is 19.4. The fourth-order valence-electron chi connectivity index (χ4n) is 2.57. The van der Waals surface area contributed by atoms with Crippen molar-refractivity contribution in [2.75, 3.05) is 11.9 Å². The third-order valence-electron chi connectivity index (χ3n) is 3.78. The van der Waals surface area contributed by atoms with Crippen LogP contribution in [0.1, 0.15) is 18.4 Å². The molecule has 3 rings (SSSR count). The summed E-state index contributed by atoms with van der Waals surface area (Å²) in [6.45, 7) is 0.281. The fraction of sp³-hybridized carbons (Fsp3) is 0.312. The van der Waals surface area contributed by atoms with Gasteiger partial charge in [0.25, 0.3) is 0 Å². The molecule has 0 saturated carbocycles. The molecule has 3 aromatic heterocycles. The van der Waals surface area contributed by atoms with Crippen molar-refractivity contribution in [3.63, 3.8) is 0 Å². The van der Waals surface area contributed by atoms with Crippen LogP contribution in [0.3, 0.4) is 0 Å². The molecule has 0 fully saturated rings. The summed E-state index contributed by atoms with van der Waals surface area (Å²) in [7, 11) is 1.72. The third kappa shape index (κ3) is 3.63. The lowest BCUT2D eigenvalue weighted by molar-refractivity contribution is -0.138. The zero-order chi connectivity index (χ0) is 18.9. The molecule has 26 heavy (non-hydrogen) atoms. The van der Waals surface area contributed by atoms with Gasteiger partial charge in [-0.25, -0.2) is 4.98 Å². The second kappa shape index (κ2) is 6.70. The van der Waals surface area contributed by atoms with Crippen molar-refractivity contribution >= 4 is 17.4 Å². The van der Waals surface area contributed by atoms with Crippen LogP contribution in [0.5, 0.6) is 0 Å². The van der Waals surface area contributed by atoms with Crippen molar-refractivity contribution in [3.8, 4) is 11.3 Å². The molecule has 0 spiro atoms. The number of hydrogen-bond donors (Lipinski definition) is 2. The Morgan fingerprint density at radius 1 is 1.31 bits per heavy atom. The Morgan fingerprint density at radius 2 is 2.08 bits per heavy atom. The van der Waals surface area contributed by atoms with Crippen LogP contribution in [0.4, 0.5) is 19.0 Å². The number of anilines is 1. The highest BCUT2D eigenvalue weighted by molar-refractivity contribution is 5.76. The van der Waals surface area contributed by atoms with Crippen molar-refractivity contribution in [1.82, 2.24) is 19.2 Å². The molecule has 0 radical (unpaired) electrons. The average molecular weight is 367 g/mol. The van der Waals surface area contributed by atoms with Gasteiger partial charge in [-0.1, -0.05) is 0 Å². The van der Waals surface area contributed by atoms with E-state index in [4.69, 9.17) is 5.11 Å². The molecule has 3 heterocycles. The molecule has 0 unspecified atom stereocenters. The van der Waals surface area contributed by atoms with E-state index in [0.717, 1.165) is 12.3 Å². The van der Waals surface area contributed by atoms with E-state index in [9.17, 15) is 18.0 Å². The minimum absolute atomic E-state index is 0.0419. The molecule has 138 valence electrons. The number of hydrogen-bond acceptors (Lipinski definition) is 4. The number of nitrogens with zero attached hydrogens (tertiary/aromatic N) is 4.